The highest BCUT2D eigenvalue weighted by Crippen LogP contribution is 2.37. The number of pyridine rings is 1. The molecule has 1 atom stereocenters. The average Bonchev–Trinajstić information content (AvgIpc) is 3.09. The number of hydrogen-bond acceptors (Lipinski definition) is 6. The van der Waals surface area contributed by atoms with Crippen LogP contribution in [-0.4, -0.2) is 58.7 Å². The van der Waals surface area contributed by atoms with Crippen LogP contribution in [0.3, 0.4) is 0 Å². The van der Waals surface area contributed by atoms with Crippen molar-refractivity contribution in [3.05, 3.63) is 46.7 Å². The van der Waals surface area contributed by atoms with E-state index in [2.05, 4.69) is 38.3 Å². The lowest BCUT2D eigenvalue weighted by molar-refractivity contribution is -0.183. The molecule has 2 aromatic heterocycles. The lowest BCUT2D eigenvalue weighted by Gasteiger charge is -2.53. The van der Waals surface area contributed by atoms with E-state index in [-0.39, 0.29) is 5.60 Å². The molecule has 0 radical (unpaired) electrons. The van der Waals surface area contributed by atoms with Gasteiger partial charge in [0.2, 0.25) is 0 Å². The molecule has 0 amide bonds. The second-order valence-corrected chi connectivity index (χ2v) is 8.51. The molecule has 0 saturated carbocycles. The van der Waals surface area contributed by atoms with Gasteiger partial charge in [-0.05, 0) is 37.4 Å². The van der Waals surface area contributed by atoms with Gasteiger partial charge in [0.15, 0.2) is 0 Å². The summed E-state index contributed by atoms with van der Waals surface area (Å²) in [6.07, 6.45) is 8.12. The van der Waals surface area contributed by atoms with Crippen LogP contribution in [0.4, 0.5) is 0 Å². The fraction of sp³-hybridized carbons (Fsp3) is 0.579. The molecule has 4 heterocycles. The number of ether oxygens (including phenoxy) is 1. The number of thiazole rings is 1. The van der Waals surface area contributed by atoms with Crippen LogP contribution in [0.1, 0.15) is 23.4 Å². The van der Waals surface area contributed by atoms with Crippen molar-refractivity contribution in [2.45, 2.75) is 31.5 Å². The number of aromatic nitrogens is 2. The summed E-state index contributed by atoms with van der Waals surface area (Å²) in [5.41, 5.74) is 1.39. The van der Waals surface area contributed by atoms with Crippen molar-refractivity contribution in [1.82, 2.24) is 19.8 Å². The molecule has 5 nitrogen and oxygen atoms in total. The molecule has 0 N–H and O–H groups in total. The molecule has 134 valence electrons. The van der Waals surface area contributed by atoms with E-state index in [1.807, 2.05) is 24.7 Å². The zero-order valence-electron chi connectivity index (χ0n) is 14.8. The van der Waals surface area contributed by atoms with E-state index in [0.29, 0.717) is 5.92 Å². The molecule has 0 bridgehead atoms. The van der Waals surface area contributed by atoms with Crippen LogP contribution in [-0.2, 0) is 17.8 Å². The molecule has 2 saturated heterocycles. The van der Waals surface area contributed by atoms with E-state index >= 15 is 0 Å². The number of nitrogens with zero attached hydrogens (tertiary/aromatic N) is 4. The molecule has 0 aromatic carbocycles. The monoisotopic (exact) mass is 358 g/mol. The molecule has 0 unspecified atom stereocenters. The number of likely N-dealkylation sites (tertiary alicyclic amines) is 1. The Morgan fingerprint density at radius 2 is 2.32 bits per heavy atom. The highest BCUT2D eigenvalue weighted by atomic mass is 32.1. The third-order valence-corrected chi connectivity index (χ3v) is 6.01. The third kappa shape index (κ3) is 4.26. The van der Waals surface area contributed by atoms with Crippen LogP contribution < -0.4 is 0 Å². The fourth-order valence-electron chi connectivity index (χ4n) is 4.02. The van der Waals surface area contributed by atoms with Crippen molar-refractivity contribution >= 4 is 11.3 Å². The molecule has 6 heteroatoms. The van der Waals surface area contributed by atoms with Gasteiger partial charge in [-0.15, -0.1) is 11.3 Å². The first-order valence-electron chi connectivity index (χ1n) is 9.03. The summed E-state index contributed by atoms with van der Waals surface area (Å²) in [4.78, 5) is 13.4. The van der Waals surface area contributed by atoms with E-state index in [1.54, 1.807) is 11.3 Å². The first-order valence-corrected chi connectivity index (χ1v) is 9.91. The van der Waals surface area contributed by atoms with Crippen molar-refractivity contribution in [3.63, 3.8) is 0 Å². The SMILES string of the molecule is CN(Cc1cccnc1)C[C@H]1CCC2(CN(Cc3nccs3)C2)OC1. The fourth-order valence-corrected chi connectivity index (χ4v) is 4.68. The van der Waals surface area contributed by atoms with Gasteiger partial charge < -0.3 is 9.64 Å². The molecular formula is C19H26N4OS. The average molecular weight is 359 g/mol. The highest BCUT2D eigenvalue weighted by molar-refractivity contribution is 7.09. The quantitative estimate of drug-likeness (QED) is 0.794. The van der Waals surface area contributed by atoms with Crippen molar-refractivity contribution in [1.29, 1.82) is 0 Å². The maximum Gasteiger partial charge on any atom is 0.107 e. The normalized spacial score (nSPS) is 23.0. The Balaban J connectivity index is 1.19. The van der Waals surface area contributed by atoms with Gasteiger partial charge in [0, 0.05) is 50.1 Å². The minimum absolute atomic E-state index is 0.121. The molecule has 25 heavy (non-hydrogen) atoms. The van der Waals surface area contributed by atoms with Gasteiger partial charge in [-0.3, -0.25) is 9.88 Å². The highest BCUT2D eigenvalue weighted by Gasteiger charge is 2.46. The molecule has 4 rings (SSSR count). The van der Waals surface area contributed by atoms with E-state index in [0.717, 1.165) is 39.3 Å². The van der Waals surface area contributed by atoms with Gasteiger partial charge >= 0.3 is 0 Å². The Labute approximate surface area is 153 Å². The molecular weight excluding hydrogens is 332 g/mol. The second-order valence-electron chi connectivity index (χ2n) is 7.53. The van der Waals surface area contributed by atoms with Gasteiger partial charge in [0.1, 0.15) is 5.01 Å². The number of rotatable bonds is 6. The van der Waals surface area contributed by atoms with Crippen molar-refractivity contribution in [2.24, 2.45) is 5.92 Å². The maximum absolute atomic E-state index is 6.32. The van der Waals surface area contributed by atoms with Crippen molar-refractivity contribution < 1.29 is 4.74 Å². The smallest absolute Gasteiger partial charge is 0.107 e. The predicted octanol–water partition coefficient (Wildman–Crippen LogP) is 2.65. The largest absolute Gasteiger partial charge is 0.372 e. The standard InChI is InChI=1S/C19H26N4OS/c1-22(10-16-3-2-6-20-9-16)11-17-4-5-19(24-13-17)14-23(15-19)12-18-21-7-8-25-18/h2-3,6-9,17H,4-5,10-15H2,1H3/t17-/m1/s1. The third-order valence-electron chi connectivity index (χ3n) is 5.24. The number of hydrogen-bond donors (Lipinski definition) is 0. The first-order chi connectivity index (χ1) is 12.2. The van der Waals surface area contributed by atoms with Crippen LogP contribution >= 0.6 is 11.3 Å². The Kier molecular flexibility index (Phi) is 5.12. The van der Waals surface area contributed by atoms with E-state index in [4.69, 9.17) is 4.74 Å². The van der Waals surface area contributed by atoms with Crippen LogP contribution in [0.5, 0.6) is 0 Å². The van der Waals surface area contributed by atoms with Gasteiger partial charge in [-0.25, -0.2) is 4.98 Å². The van der Waals surface area contributed by atoms with Gasteiger partial charge in [0.25, 0.3) is 0 Å². The topological polar surface area (TPSA) is 41.5 Å². The van der Waals surface area contributed by atoms with Crippen LogP contribution in [0.2, 0.25) is 0 Å². The molecule has 0 aliphatic carbocycles. The minimum atomic E-state index is 0.121. The summed E-state index contributed by atoms with van der Waals surface area (Å²) in [5.74, 6) is 0.639. The molecule has 1 spiro atoms. The molecule has 2 aliphatic rings. The van der Waals surface area contributed by atoms with Gasteiger partial charge in [-0.1, -0.05) is 6.07 Å². The predicted molar refractivity (Wildman–Crippen MR) is 99.4 cm³/mol. The Hall–Kier alpha value is -1.34. The Morgan fingerprint density at radius 1 is 1.40 bits per heavy atom. The Bertz CT molecular complexity index is 647. The Morgan fingerprint density at radius 3 is 3.00 bits per heavy atom. The van der Waals surface area contributed by atoms with Crippen molar-refractivity contribution in [2.75, 3.05) is 33.3 Å². The maximum atomic E-state index is 6.32. The summed E-state index contributed by atoms with van der Waals surface area (Å²) < 4.78 is 6.32. The lowest BCUT2D eigenvalue weighted by atomic mass is 9.83. The van der Waals surface area contributed by atoms with Gasteiger partial charge in [0.05, 0.1) is 18.8 Å². The first kappa shape index (κ1) is 17.1. The second kappa shape index (κ2) is 7.50. The van der Waals surface area contributed by atoms with Crippen molar-refractivity contribution in [3.8, 4) is 0 Å². The summed E-state index contributed by atoms with van der Waals surface area (Å²) >= 11 is 1.74. The molecule has 2 fully saturated rings. The van der Waals surface area contributed by atoms with Crippen LogP contribution in [0, 0.1) is 5.92 Å². The van der Waals surface area contributed by atoms with Crippen LogP contribution in [0.15, 0.2) is 36.1 Å². The summed E-state index contributed by atoms with van der Waals surface area (Å²) in [6, 6.07) is 4.14. The summed E-state index contributed by atoms with van der Waals surface area (Å²) in [5, 5.41) is 3.26. The van der Waals surface area contributed by atoms with Gasteiger partial charge in [-0.2, -0.15) is 0 Å². The summed E-state index contributed by atoms with van der Waals surface area (Å²) in [7, 11) is 2.19. The zero-order chi connectivity index (χ0) is 17.1. The summed E-state index contributed by atoms with van der Waals surface area (Å²) in [6.45, 7) is 6.03. The zero-order valence-corrected chi connectivity index (χ0v) is 15.6. The van der Waals surface area contributed by atoms with E-state index in [1.165, 1.54) is 23.4 Å². The van der Waals surface area contributed by atoms with E-state index in [9.17, 15) is 0 Å². The lowest BCUT2D eigenvalue weighted by Crippen LogP contribution is -2.64. The molecule has 2 aromatic rings. The molecule has 2 aliphatic heterocycles. The van der Waals surface area contributed by atoms with Crippen LogP contribution in [0.25, 0.3) is 0 Å². The minimum Gasteiger partial charge on any atom is -0.372 e. The van der Waals surface area contributed by atoms with E-state index < -0.39 is 0 Å².